The van der Waals surface area contributed by atoms with Crippen LogP contribution in [0.4, 0.5) is 5.69 Å². The molecule has 0 unspecified atom stereocenters. The third kappa shape index (κ3) is 3.34. The van der Waals surface area contributed by atoms with Crippen molar-refractivity contribution in [3.8, 4) is 5.75 Å². The Morgan fingerprint density at radius 1 is 1.38 bits per heavy atom. The van der Waals surface area contributed by atoms with Crippen LogP contribution in [0.15, 0.2) is 24.3 Å². The van der Waals surface area contributed by atoms with Crippen molar-refractivity contribution in [3.05, 3.63) is 41.2 Å². The smallest absolute Gasteiger partial charge is 0.271 e. The number of hydrogen-bond acceptors (Lipinski definition) is 4. The molecule has 0 radical (unpaired) electrons. The summed E-state index contributed by atoms with van der Waals surface area (Å²) in [4.78, 5) is 12.2. The van der Waals surface area contributed by atoms with Crippen molar-refractivity contribution in [1.82, 2.24) is 15.1 Å². The Morgan fingerprint density at radius 3 is 2.67 bits per heavy atom. The number of amides is 1. The number of benzene rings is 1. The molecule has 6 heteroatoms. The van der Waals surface area contributed by atoms with Crippen LogP contribution in [0.2, 0.25) is 0 Å². The Balaban J connectivity index is 1.97. The fraction of sp³-hybridized carbons (Fsp3) is 0.333. The van der Waals surface area contributed by atoms with E-state index in [1.807, 2.05) is 19.1 Å². The number of nitrogens with zero attached hydrogens (tertiary/aromatic N) is 2. The van der Waals surface area contributed by atoms with Crippen LogP contribution in [-0.4, -0.2) is 27.3 Å². The molecule has 1 aromatic carbocycles. The summed E-state index contributed by atoms with van der Waals surface area (Å²) < 4.78 is 1.61. The Hall–Kier alpha value is -2.50. The van der Waals surface area contributed by atoms with Gasteiger partial charge in [-0.3, -0.25) is 9.48 Å². The molecule has 1 amide bonds. The Labute approximate surface area is 123 Å². The third-order valence-corrected chi connectivity index (χ3v) is 3.32. The minimum atomic E-state index is -0.214. The van der Waals surface area contributed by atoms with E-state index in [0.29, 0.717) is 36.6 Å². The van der Waals surface area contributed by atoms with Gasteiger partial charge in [-0.25, -0.2) is 0 Å². The summed E-state index contributed by atoms with van der Waals surface area (Å²) in [6.45, 7) is 4.80. The van der Waals surface area contributed by atoms with Gasteiger partial charge in [0.1, 0.15) is 11.4 Å². The van der Waals surface area contributed by atoms with Crippen molar-refractivity contribution in [1.29, 1.82) is 0 Å². The van der Waals surface area contributed by atoms with Gasteiger partial charge in [-0.1, -0.05) is 12.1 Å². The van der Waals surface area contributed by atoms with Crippen LogP contribution in [0.5, 0.6) is 5.75 Å². The zero-order valence-electron chi connectivity index (χ0n) is 12.3. The maximum atomic E-state index is 12.2. The first kappa shape index (κ1) is 14.9. The minimum Gasteiger partial charge on any atom is -0.508 e. The normalized spacial score (nSPS) is 10.6. The molecule has 0 atom stereocenters. The fourth-order valence-corrected chi connectivity index (χ4v) is 2.13. The molecule has 4 N–H and O–H groups in total. The Kier molecular flexibility index (Phi) is 4.47. The first-order chi connectivity index (χ1) is 10.0. The summed E-state index contributed by atoms with van der Waals surface area (Å²) in [7, 11) is 0. The molecular formula is C15H20N4O2. The highest BCUT2D eigenvalue weighted by Crippen LogP contribution is 2.16. The fourth-order valence-electron chi connectivity index (χ4n) is 2.13. The predicted octanol–water partition coefficient (Wildman–Crippen LogP) is 1.47. The molecular weight excluding hydrogens is 268 g/mol. The van der Waals surface area contributed by atoms with Crippen molar-refractivity contribution in [2.45, 2.75) is 26.8 Å². The number of carbonyl (C=O) groups excluding carboxylic acids is 1. The van der Waals surface area contributed by atoms with Crippen molar-refractivity contribution in [2.24, 2.45) is 0 Å². The van der Waals surface area contributed by atoms with Crippen LogP contribution in [0, 0.1) is 6.92 Å². The molecule has 0 saturated heterocycles. The van der Waals surface area contributed by atoms with Crippen molar-refractivity contribution in [2.75, 3.05) is 12.3 Å². The van der Waals surface area contributed by atoms with E-state index >= 15 is 0 Å². The summed E-state index contributed by atoms with van der Waals surface area (Å²) in [6.07, 6.45) is 0.686. The number of anilines is 1. The predicted molar refractivity (Wildman–Crippen MR) is 81.2 cm³/mol. The number of carbonyl (C=O) groups is 1. The first-order valence-electron chi connectivity index (χ1n) is 6.92. The molecule has 1 aromatic heterocycles. The number of rotatable bonds is 5. The summed E-state index contributed by atoms with van der Waals surface area (Å²) in [5.74, 6) is 0.0200. The van der Waals surface area contributed by atoms with Crippen LogP contribution in [0.3, 0.4) is 0 Å². The van der Waals surface area contributed by atoms with Crippen molar-refractivity contribution in [3.63, 3.8) is 0 Å². The van der Waals surface area contributed by atoms with Gasteiger partial charge in [0.25, 0.3) is 5.91 Å². The second-order valence-electron chi connectivity index (χ2n) is 4.84. The molecule has 0 aliphatic heterocycles. The second kappa shape index (κ2) is 6.30. The van der Waals surface area contributed by atoms with E-state index in [-0.39, 0.29) is 11.7 Å². The number of aryl methyl sites for hydroxylation is 2. The average molecular weight is 288 g/mol. The van der Waals surface area contributed by atoms with Gasteiger partial charge in [-0.05, 0) is 38.0 Å². The van der Waals surface area contributed by atoms with Crippen LogP contribution in [0.25, 0.3) is 0 Å². The van der Waals surface area contributed by atoms with E-state index in [2.05, 4.69) is 10.4 Å². The number of aromatic nitrogens is 2. The van der Waals surface area contributed by atoms with Gasteiger partial charge in [-0.2, -0.15) is 5.10 Å². The van der Waals surface area contributed by atoms with Gasteiger partial charge >= 0.3 is 0 Å². The van der Waals surface area contributed by atoms with Gasteiger partial charge in [-0.15, -0.1) is 0 Å². The van der Waals surface area contributed by atoms with Crippen LogP contribution in [-0.2, 0) is 13.0 Å². The summed E-state index contributed by atoms with van der Waals surface area (Å²) >= 11 is 0. The number of hydrogen-bond donors (Lipinski definition) is 3. The largest absolute Gasteiger partial charge is 0.508 e. The molecule has 0 aliphatic rings. The molecule has 0 fully saturated rings. The zero-order valence-corrected chi connectivity index (χ0v) is 12.3. The lowest BCUT2D eigenvalue weighted by molar-refractivity contribution is 0.0944. The lowest BCUT2D eigenvalue weighted by Gasteiger charge is -2.08. The monoisotopic (exact) mass is 288 g/mol. The summed E-state index contributed by atoms with van der Waals surface area (Å²) in [5, 5.41) is 16.3. The Bertz CT molecular complexity index is 632. The minimum absolute atomic E-state index is 0.214. The van der Waals surface area contributed by atoms with E-state index in [1.165, 1.54) is 0 Å². The third-order valence-electron chi connectivity index (χ3n) is 3.32. The quantitative estimate of drug-likeness (QED) is 0.776. The molecule has 112 valence electrons. The topological polar surface area (TPSA) is 93.2 Å². The number of nitrogens with two attached hydrogens (primary N) is 1. The Morgan fingerprint density at radius 2 is 2.05 bits per heavy atom. The lowest BCUT2D eigenvalue weighted by Crippen LogP contribution is -2.28. The van der Waals surface area contributed by atoms with Gasteiger partial charge in [0, 0.05) is 13.1 Å². The van der Waals surface area contributed by atoms with Gasteiger partial charge in [0.15, 0.2) is 0 Å². The standard InChI is InChI=1S/C15H20N4O2/c1-3-19-14(13(16)10(2)18-19)15(21)17-9-8-11-4-6-12(20)7-5-11/h4-7,20H,3,8-9,16H2,1-2H3,(H,17,21). The summed E-state index contributed by atoms with van der Waals surface area (Å²) in [5.41, 5.74) is 8.46. The second-order valence-corrected chi connectivity index (χ2v) is 4.84. The SMILES string of the molecule is CCn1nc(C)c(N)c1C(=O)NCCc1ccc(O)cc1. The van der Waals surface area contributed by atoms with E-state index in [9.17, 15) is 9.90 Å². The molecule has 2 rings (SSSR count). The van der Waals surface area contributed by atoms with Crippen molar-refractivity contribution < 1.29 is 9.90 Å². The first-order valence-corrected chi connectivity index (χ1v) is 6.92. The highest BCUT2D eigenvalue weighted by molar-refractivity contribution is 5.97. The molecule has 6 nitrogen and oxygen atoms in total. The maximum Gasteiger partial charge on any atom is 0.271 e. The van der Waals surface area contributed by atoms with Crippen LogP contribution < -0.4 is 11.1 Å². The number of phenols is 1. The van der Waals surface area contributed by atoms with Crippen molar-refractivity contribution >= 4 is 11.6 Å². The number of nitrogen functional groups attached to an aromatic ring is 1. The molecule has 1 heterocycles. The van der Waals surface area contributed by atoms with Gasteiger partial charge in [0.2, 0.25) is 0 Å². The van der Waals surface area contributed by atoms with E-state index in [4.69, 9.17) is 5.73 Å². The summed E-state index contributed by atoms with van der Waals surface area (Å²) in [6, 6.07) is 6.92. The number of nitrogens with one attached hydrogen (secondary N) is 1. The lowest BCUT2D eigenvalue weighted by atomic mass is 10.1. The highest BCUT2D eigenvalue weighted by atomic mass is 16.3. The van der Waals surface area contributed by atoms with E-state index in [0.717, 1.165) is 5.56 Å². The van der Waals surface area contributed by atoms with Crippen LogP contribution in [0.1, 0.15) is 28.7 Å². The molecule has 0 bridgehead atoms. The molecule has 0 saturated carbocycles. The van der Waals surface area contributed by atoms with E-state index in [1.54, 1.807) is 23.7 Å². The molecule has 0 aliphatic carbocycles. The zero-order chi connectivity index (χ0) is 15.4. The number of phenolic OH excluding ortho intramolecular Hbond substituents is 1. The molecule has 21 heavy (non-hydrogen) atoms. The van der Waals surface area contributed by atoms with Gasteiger partial charge < -0.3 is 16.2 Å². The molecule has 0 spiro atoms. The number of aromatic hydroxyl groups is 1. The van der Waals surface area contributed by atoms with E-state index < -0.39 is 0 Å². The molecule has 2 aromatic rings. The highest BCUT2D eigenvalue weighted by Gasteiger charge is 2.18. The van der Waals surface area contributed by atoms with Crippen LogP contribution >= 0.6 is 0 Å². The van der Waals surface area contributed by atoms with Gasteiger partial charge in [0.05, 0.1) is 11.4 Å². The average Bonchev–Trinajstić information content (AvgIpc) is 2.76. The maximum absolute atomic E-state index is 12.2.